The molecule has 2 aromatic carbocycles. The standard InChI is InChI=1S/C17H18BrClO/c1-11-8-17(19)12(2)7-15(11)16(18)10-13-5-4-6-14(9-13)20-3/h4-9,16H,10H2,1-3H3. The number of methoxy groups -OCH3 is 1. The first-order valence-electron chi connectivity index (χ1n) is 6.55. The molecule has 0 saturated carbocycles. The average molecular weight is 354 g/mol. The van der Waals surface area contributed by atoms with Crippen LogP contribution in [0.3, 0.4) is 0 Å². The number of rotatable bonds is 4. The quantitative estimate of drug-likeness (QED) is 0.646. The third-order valence-corrected chi connectivity index (χ3v) is 4.66. The Morgan fingerprint density at radius 1 is 1.15 bits per heavy atom. The fourth-order valence-corrected chi connectivity index (χ4v) is 3.34. The number of benzene rings is 2. The van der Waals surface area contributed by atoms with Crippen molar-refractivity contribution in [2.75, 3.05) is 7.11 Å². The predicted molar refractivity (Wildman–Crippen MR) is 89.3 cm³/mol. The normalized spacial score (nSPS) is 12.2. The molecule has 0 aromatic heterocycles. The molecule has 0 radical (unpaired) electrons. The van der Waals surface area contributed by atoms with Gasteiger partial charge in [-0.15, -0.1) is 0 Å². The summed E-state index contributed by atoms with van der Waals surface area (Å²) in [4.78, 5) is 0.269. The Bertz CT molecular complexity index is 610. The van der Waals surface area contributed by atoms with Crippen LogP contribution in [0.2, 0.25) is 5.02 Å². The lowest BCUT2D eigenvalue weighted by molar-refractivity contribution is 0.414. The van der Waals surface area contributed by atoms with Gasteiger partial charge < -0.3 is 4.74 Å². The summed E-state index contributed by atoms with van der Waals surface area (Å²) in [5.41, 5.74) is 4.86. The molecule has 1 nitrogen and oxygen atoms in total. The zero-order chi connectivity index (χ0) is 14.7. The number of hydrogen-bond donors (Lipinski definition) is 0. The first kappa shape index (κ1) is 15.4. The maximum Gasteiger partial charge on any atom is 0.119 e. The van der Waals surface area contributed by atoms with Crippen molar-refractivity contribution in [2.45, 2.75) is 25.1 Å². The van der Waals surface area contributed by atoms with E-state index in [1.165, 1.54) is 16.7 Å². The second kappa shape index (κ2) is 6.64. The van der Waals surface area contributed by atoms with Crippen LogP contribution in [-0.4, -0.2) is 7.11 Å². The molecule has 0 aliphatic heterocycles. The third-order valence-electron chi connectivity index (χ3n) is 3.43. The fraction of sp³-hybridized carbons (Fsp3) is 0.294. The van der Waals surface area contributed by atoms with Crippen LogP contribution < -0.4 is 4.74 Å². The van der Waals surface area contributed by atoms with Crippen LogP contribution in [0.4, 0.5) is 0 Å². The van der Waals surface area contributed by atoms with Crippen LogP contribution in [0.15, 0.2) is 36.4 Å². The van der Waals surface area contributed by atoms with Crippen molar-refractivity contribution in [3.63, 3.8) is 0 Å². The Morgan fingerprint density at radius 3 is 2.60 bits per heavy atom. The van der Waals surface area contributed by atoms with Crippen molar-refractivity contribution in [1.82, 2.24) is 0 Å². The summed E-state index contributed by atoms with van der Waals surface area (Å²) in [7, 11) is 1.69. The summed E-state index contributed by atoms with van der Waals surface area (Å²) in [5, 5.41) is 0.826. The maximum atomic E-state index is 6.16. The van der Waals surface area contributed by atoms with Gasteiger partial charge in [0.15, 0.2) is 0 Å². The smallest absolute Gasteiger partial charge is 0.119 e. The minimum absolute atomic E-state index is 0.269. The molecule has 0 spiro atoms. The zero-order valence-electron chi connectivity index (χ0n) is 11.9. The molecule has 2 aromatic rings. The number of hydrogen-bond acceptors (Lipinski definition) is 1. The van der Waals surface area contributed by atoms with Gasteiger partial charge in [-0.1, -0.05) is 45.7 Å². The molecule has 106 valence electrons. The van der Waals surface area contributed by atoms with Crippen LogP contribution >= 0.6 is 27.5 Å². The largest absolute Gasteiger partial charge is 0.497 e. The van der Waals surface area contributed by atoms with Crippen LogP contribution in [0.25, 0.3) is 0 Å². The Balaban J connectivity index is 2.23. The van der Waals surface area contributed by atoms with Gasteiger partial charge in [-0.05, 0) is 60.7 Å². The number of aryl methyl sites for hydroxylation is 2. The van der Waals surface area contributed by atoms with Gasteiger partial charge in [0.1, 0.15) is 5.75 Å². The molecule has 0 heterocycles. The van der Waals surface area contributed by atoms with Gasteiger partial charge in [-0.2, -0.15) is 0 Å². The maximum absolute atomic E-state index is 6.16. The van der Waals surface area contributed by atoms with Gasteiger partial charge in [-0.25, -0.2) is 0 Å². The topological polar surface area (TPSA) is 9.23 Å². The Labute approximate surface area is 134 Å². The first-order valence-corrected chi connectivity index (χ1v) is 7.84. The number of ether oxygens (including phenoxy) is 1. The van der Waals surface area contributed by atoms with E-state index in [9.17, 15) is 0 Å². The summed E-state index contributed by atoms with van der Waals surface area (Å²) in [5.74, 6) is 0.895. The molecule has 3 heteroatoms. The van der Waals surface area contributed by atoms with Gasteiger partial charge >= 0.3 is 0 Å². The fourth-order valence-electron chi connectivity index (χ4n) is 2.26. The molecular formula is C17H18BrClO. The molecule has 0 amide bonds. The van der Waals surface area contributed by atoms with Crippen LogP contribution in [0, 0.1) is 13.8 Å². The summed E-state index contributed by atoms with van der Waals surface area (Å²) in [6.45, 7) is 4.14. The van der Waals surface area contributed by atoms with Crippen molar-refractivity contribution in [1.29, 1.82) is 0 Å². The van der Waals surface area contributed by atoms with E-state index in [0.29, 0.717) is 0 Å². The van der Waals surface area contributed by atoms with Crippen LogP contribution in [0.1, 0.15) is 27.1 Å². The summed E-state index contributed by atoms with van der Waals surface area (Å²) in [6.07, 6.45) is 0.916. The molecule has 1 atom stereocenters. The highest BCUT2D eigenvalue weighted by atomic mass is 79.9. The van der Waals surface area contributed by atoms with Gasteiger partial charge in [0.2, 0.25) is 0 Å². The SMILES string of the molecule is COc1cccc(CC(Br)c2cc(C)c(Cl)cc2C)c1. The molecule has 0 bridgehead atoms. The van der Waals surface area contributed by atoms with E-state index >= 15 is 0 Å². The highest BCUT2D eigenvalue weighted by Gasteiger charge is 2.13. The Kier molecular flexibility index (Phi) is 5.11. The Morgan fingerprint density at radius 2 is 1.90 bits per heavy atom. The van der Waals surface area contributed by atoms with Crippen molar-refractivity contribution in [3.05, 3.63) is 63.7 Å². The monoisotopic (exact) mass is 352 g/mol. The molecule has 0 fully saturated rings. The van der Waals surface area contributed by atoms with Crippen molar-refractivity contribution in [3.8, 4) is 5.75 Å². The molecule has 20 heavy (non-hydrogen) atoms. The van der Waals surface area contributed by atoms with Crippen LogP contribution in [0.5, 0.6) is 5.75 Å². The van der Waals surface area contributed by atoms with Crippen molar-refractivity contribution in [2.24, 2.45) is 0 Å². The van der Waals surface area contributed by atoms with Crippen LogP contribution in [-0.2, 0) is 6.42 Å². The number of alkyl halides is 1. The van der Waals surface area contributed by atoms with Gasteiger partial charge in [0, 0.05) is 9.85 Å². The van der Waals surface area contributed by atoms with Gasteiger partial charge in [0.05, 0.1) is 7.11 Å². The average Bonchev–Trinajstić information content (AvgIpc) is 2.43. The highest BCUT2D eigenvalue weighted by Crippen LogP contribution is 2.33. The van der Waals surface area contributed by atoms with E-state index in [4.69, 9.17) is 16.3 Å². The lowest BCUT2D eigenvalue weighted by Crippen LogP contribution is -1.99. The van der Waals surface area contributed by atoms with E-state index in [-0.39, 0.29) is 4.83 Å². The summed E-state index contributed by atoms with van der Waals surface area (Å²) < 4.78 is 5.27. The lowest BCUT2D eigenvalue weighted by atomic mass is 9.98. The Hall–Kier alpha value is -0.990. The third kappa shape index (κ3) is 3.56. The molecule has 0 saturated heterocycles. The minimum atomic E-state index is 0.269. The lowest BCUT2D eigenvalue weighted by Gasteiger charge is -2.15. The molecule has 0 N–H and O–H groups in total. The molecule has 0 aliphatic carbocycles. The van der Waals surface area contributed by atoms with Gasteiger partial charge in [0.25, 0.3) is 0 Å². The second-order valence-electron chi connectivity index (χ2n) is 4.98. The molecule has 2 rings (SSSR count). The summed E-state index contributed by atoms with van der Waals surface area (Å²) >= 11 is 9.95. The minimum Gasteiger partial charge on any atom is -0.497 e. The molecule has 0 aliphatic rings. The van der Waals surface area contributed by atoms with E-state index in [1.54, 1.807) is 7.11 Å². The number of halogens is 2. The van der Waals surface area contributed by atoms with E-state index in [0.717, 1.165) is 22.8 Å². The van der Waals surface area contributed by atoms with Crippen molar-refractivity contribution >= 4 is 27.5 Å². The van der Waals surface area contributed by atoms with Crippen molar-refractivity contribution < 1.29 is 4.74 Å². The van der Waals surface area contributed by atoms with E-state index in [1.807, 2.05) is 25.1 Å². The van der Waals surface area contributed by atoms with E-state index in [2.05, 4.69) is 41.1 Å². The van der Waals surface area contributed by atoms with Gasteiger partial charge in [-0.3, -0.25) is 0 Å². The molecular weight excluding hydrogens is 336 g/mol. The summed E-state index contributed by atoms with van der Waals surface area (Å²) in [6, 6.07) is 12.4. The predicted octanol–water partition coefficient (Wildman–Crippen LogP) is 5.64. The zero-order valence-corrected chi connectivity index (χ0v) is 14.3. The highest BCUT2D eigenvalue weighted by molar-refractivity contribution is 9.09. The van der Waals surface area contributed by atoms with E-state index < -0.39 is 0 Å². The molecule has 1 unspecified atom stereocenters. The first-order chi connectivity index (χ1) is 9.51. The second-order valence-corrected chi connectivity index (χ2v) is 6.49.